The summed E-state index contributed by atoms with van der Waals surface area (Å²) in [5.74, 6) is 0.695. The van der Waals surface area contributed by atoms with Gasteiger partial charge in [-0.2, -0.15) is 0 Å². The average Bonchev–Trinajstić information content (AvgIpc) is 3.49. The Balaban J connectivity index is 1.33. The molecule has 0 unspecified atom stereocenters. The monoisotopic (exact) mass is 550 g/mol. The molecule has 0 saturated heterocycles. The van der Waals surface area contributed by atoms with Gasteiger partial charge in [0.2, 0.25) is 0 Å². The second kappa shape index (κ2) is 10.6. The minimum absolute atomic E-state index is 0.695. The third kappa shape index (κ3) is 4.58. The van der Waals surface area contributed by atoms with Crippen molar-refractivity contribution in [3.05, 3.63) is 158 Å². The van der Waals surface area contributed by atoms with E-state index in [-0.39, 0.29) is 0 Å². The number of hydrogen-bond donors (Lipinski definition) is 0. The lowest BCUT2D eigenvalue weighted by Gasteiger charge is -2.10. The molecule has 0 fully saturated rings. The molecule has 2 heterocycles. The zero-order chi connectivity index (χ0) is 28.6. The Hall–Kier alpha value is -5.80. The number of para-hydroxylation sites is 1. The Morgan fingerprint density at radius 3 is 1.74 bits per heavy atom. The number of fused-ring (bicyclic) bond motifs is 3. The number of rotatable bonds is 5. The molecule has 43 heavy (non-hydrogen) atoms. The van der Waals surface area contributed by atoms with Crippen molar-refractivity contribution in [2.75, 3.05) is 0 Å². The van der Waals surface area contributed by atoms with Crippen LogP contribution in [0.3, 0.4) is 0 Å². The summed E-state index contributed by atoms with van der Waals surface area (Å²) in [5.41, 5.74) is 11.0. The van der Waals surface area contributed by atoms with E-state index in [9.17, 15) is 0 Å². The highest BCUT2D eigenvalue weighted by Gasteiger charge is 2.18. The van der Waals surface area contributed by atoms with Gasteiger partial charge in [0.1, 0.15) is 11.2 Å². The second-order valence-electron chi connectivity index (χ2n) is 10.6. The third-order valence-corrected chi connectivity index (χ3v) is 7.91. The van der Waals surface area contributed by atoms with Crippen molar-refractivity contribution in [3.63, 3.8) is 0 Å². The highest BCUT2D eigenvalue weighted by molar-refractivity contribution is 6.15. The fraction of sp³-hybridized carbons (Fsp3) is 0. The minimum Gasteiger partial charge on any atom is -0.455 e. The molecule has 0 aliphatic heterocycles. The van der Waals surface area contributed by atoms with Gasteiger partial charge >= 0.3 is 0 Å². The van der Waals surface area contributed by atoms with E-state index in [1.165, 1.54) is 11.1 Å². The Bertz CT molecular complexity index is 2160. The maximum Gasteiger partial charge on any atom is 0.160 e. The number of furan rings is 1. The van der Waals surface area contributed by atoms with E-state index in [0.29, 0.717) is 5.82 Å². The largest absolute Gasteiger partial charge is 0.455 e. The number of nitrogens with zero attached hydrogens (tertiary/aromatic N) is 2. The summed E-state index contributed by atoms with van der Waals surface area (Å²) < 4.78 is 6.63. The van der Waals surface area contributed by atoms with Crippen molar-refractivity contribution in [1.82, 2.24) is 9.97 Å². The van der Waals surface area contributed by atoms with Gasteiger partial charge in [-0.15, -0.1) is 0 Å². The van der Waals surface area contributed by atoms with E-state index in [2.05, 4.69) is 103 Å². The zero-order valence-corrected chi connectivity index (χ0v) is 23.3. The van der Waals surface area contributed by atoms with Crippen LogP contribution in [0, 0.1) is 0 Å². The van der Waals surface area contributed by atoms with Crippen LogP contribution in [0.1, 0.15) is 0 Å². The average molecular weight is 551 g/mol. The number of aromatic nitrogens is 2. The van der Waals surface area contributed by atoms with E-state index in [1.54, 1.807) is 0 Å². The zero-order valence-electron chi connectivity index (χ0n) is 23.3. The first-order valence-corrected chi connectivity index (χ1v) is 14.4. The Morgan fingerprint density at radius 2 is 0.977 bits per heavy atom. The first-order valence-electron chi connectivity index (χ1n) is 14.4. The lowest BCUT2D eigenvalue weighted by atomic mass is 9.96. The summed E-state index contributed by atoms with van der Waals surface area (Å²) in [6.07, 6.45) is 0. The molecular formula is C40H26N2O. The standard InChI is InChI=1S/C40H26N2O/c1-4-13-27(14-5-1)30-19-10-20-31(25-30)32-21-11-23-34-38-33(22-12-24-37(38)43-39(32)34)36-26-35(28-15-6-2-7-16-28)41-40(42-36)29-17-8-3-9-18-29/h1-26H. The highest BCUT2D eigenvalue weighted by atomic mass is 16.3. The molecule has 3 nitrogen and oxygen atoms in total. The molecule has 8 rings (SSSR count). The van der Waals surface area contributed by atoms with Crippen LogP contribution in [0.25, 0.3) is 78.1 Å². The van der Waals surface area contributed by atoms with Gasteiger partial charge in [-0.1, -0.05) is 140 Å². The molecule has 0 atom stereocenters. The van der Waals surface area contributed by atoms with Crippen LogP contribution < -0.4 is 0 Å². The highest BCUT2D eigenvalue weighted by Crippen LogP contribution is 2.41. The summed E-state index contributed by atoms with van der Waals surface area (Å²) in [4.78, 5) is 10.1. The molecule has 0 amide bonds. The summed E-state index contributed by atoms with van der Waals surface area (Å²) in [5, 5.41) is 2.12. The van der Waals surface area contributed by atoms with Gasteiger partial charge in [0.15, 0.2) is 5.82 Å². The molecule has 0 N–H and O–H groups in total. The van der Waals surface area contributed by atoms with Gasteiger partial charge in [0, 0.05) is 33.0 Å². The Kier molecular flexibility index (Phi) is 6.12. The van der Waals surface area contributed by atoms with E-state index in [0.717, 1.165) is 61.1 Å². The van der Waals surface area contributed by atoms with Gasteiger partial charge < -0.3 is 4.42 Å². The van der Waals surface area contributed by atoms with Crippen LogP contribution in [-0.2, 0) is 0 Å². The molecule has 2 aromatic heterocycles. The van der Waals surface area contributed by atoms with Crippen molar-refractivity contribution in [2.24, 2.45) is 0 Å². The van der Waals surface area contributed by atoms with E-state index in [4.69, 9.17) is 14.4 Å². The quantitative estimate of drug-likeness (QED) is 0.214. The van der Waals surface area contributed by atoms with Gasteiger partial charge in [-0.3, -0.25) is 0 Å². The summed E-state index contributed by atoms with van der Waals surface area (Å²) in [6.45, 7) is 0. The van der Waals surface area contributed by atoms with Crippen LogP contribution in [0.15, 0.2) is 162 Å². The van der Waals surface area contributed by atoms with Crippen molar-refractivity contribution >= 4 is 21.9 Å². The third-order valence-electron chi connectivity index (χ3n) is 7.91. The van der Waals surface area contributed by atoms with Crippen LogP contribution in [-0.4, -0.2) is 9.97 Å². The number of benzene rings is 6. The fourth-order valence-corrected chi connectivity index (χ4v) is 5.84. The summed E-state index contributed by atoms with van der Waals surface area (Å²) in [7, 11) is 0. The predicted molar refractivity (Wildman–Crippen MR) is 176 cm³/mol. The summed E-state index contributed by atoms with van der Waals surface area (Å²) >= 11 is 0. The maximum atomic E-state index is 6.63. The first kappa shape index (κ1) is 25.0. The smallest absolute Gasteiger partial charge is 0.160 e. The van der Waals surface area contributed by atoms with Gasteiger partial charge in [-0.05, 0) is 34.9 Å². The normalized spacial score (nSPS) is 11.3. The molecule has 8 aromatic rings. The molecule has 0 bridgehead atoms. The van der Waals surface area contributed by atoms with Crippen LogP contribution in [0.4, 0.5) is 0 Å². The molecule has 0 aliphatic rings. The van der Waals surface area contributed by atoms with Crippen molar-refractivity contribution < 1.29 is 4.42 Å². The molecule has 6 aromatic carbocycles. The number of hydrogen-bond acceptors (Lipinski definition) is 3. The molecule has 0 radical (unpaired) electrons. The SMILES string of the molecule is c1ccc(-c2cccc(-c3cccc4c3oc3cccc(-c5cc(-c6ccccc6)nc(-c6ccccc6)n5)c34)c2)cc1. The van der Waals surface area contributed by atoms with E-state index >= 15 is 0 Å². The van der Waals surface area contributed by atoms with Crippen LogP contribution >= 0.6 is 0 Å². The van der Waals surface area contributed by atoms with Crippen molar-refractivity contribution in [1.29, 1.82) is 0 Å². The molecule has 0 spiro atoms. The van der Waals surface area contributed by atoms with Gasteiger partial charge in [0.25, 0.3) is 0 Å². The van der Waals surface area contributed by atoms with Crippen molar-refractivity contribution in [3.8, 4) is 56.2 Å². The molecule has 0 aliphatic carbocycles. The molecule has 0 saturated carbocycles. The lowest BCUT2D eigenvalue weighted by molar-refractivity contribution is 0.670. The lowest BCUT2D eigenvalue weighted by Crippen LogP contribution is -1.96. The fourth-order valence-electron chi connectivity index (χ4n) is 5.84. The molecule has 3 heteroatoms. The topological polar surface area (TPSA) is 38.9 Å². The van der Waals surface area contributed by atoms with Crippen molar-refractivity contribution in [2.45, 2.75) is 0 Å². The van der Waals surface area contributed by atoms with E-state index in [1.807, 2.05) is 54.6 Å². The maximum absolute atomic E-state index is 6.63. The van der Waals surface area contributed by atoms with E-state index < -0.39 is 0 Å². The summed E-state index contributed by atoms with van der Waals surface area (Å²) in [6, 6.07) is 54.3. The second-order valence-corrected chi connectivity index (χ2v) is 10.6. The minimum atomic E-state index is 0.695. The first-order chi connectivity index (χ1) is 21.3. The molecular weight excluding hydrogens is 524 g/mol. The predicted octanol–water partition coefficient (Wildman–Crippen LogP) is 10.7. The van der Waals surface area contributed by atoms with Gasteiger partial charge in [0.05, 0.1) is 11.4 Å². The van der Waals surface area contributed by atoms with Gasteiger partial charge in [-0.25, -0.2) is 9.97 Å². The van der Waals surface area contributed by atoms with Crippen LogP contribution in [0.5, 0.6) is 0 Å². The Morgan fingerprint density at radius 1 is 0.395 bits per heavy atom. The van der Waals surface area contributed by atoms with Crippen LogP contribution in [0.2, 0.25) is 0 Å². The Labute approximate surface area is 249 Å². The molecule has 202 valence electrons.